The Morgan fingerprint density at radius 3 is 1.97 bits per heavy atom. The van der Waals surface area contributed by atoms with Gasteiger partial charge in [0.2, 0.25) is 5.95 Å². The van der Waals surface area contributed by atoms with E-state index in [4.69, 9.17) is 9.47 Å². The summed E-state index contributed by atoms with van der Waals surface area (Å²) in [6.07, 6.45) is 0.703. The fourth-order valence-corrected chi connectivity index (χ4v) is 5.20. The Morgan fingerprint density at radius 1 is 0.727 bits per heavy atom. The van der Waals surface area contributed by atoms with Gasteiger partial charge in [0.1, 0.15) is 0 Å². The van der Waals surface area contributed by atoms with E-state index in [9.17, 15) is 16.8 Å². The molecule has 1 aliphatic rings. The van der Waals surface area contributed by atoms with Crippen LogP contribution in [-0.2, 0) is 20.0 Å². The molecule has 4 rings (SSSR count). The van der Waals surface area contributed by atoms with Gasteiger partial charge in [-0.3, -0.25) is 4.72 Å². The molecule has 12 heteroatoms. The third-order valence-corrected chi connectivity index (χ3v) is 7.38. The number of hydrogen-bond donors (Lipinski definition) is 2. The molecule has 0 aliphatic carbocycles. The van der Waals surface area contributed by atoms with Gasteiger partial charge in [-0.2, -0.15) is 0 Å². The zero-order chi connectivity index (χ0) is 23.6. The summed E-state index contributed by atoms with van der Waals surface area (Å²) in [5.41, 5.74) is 1.45. The zero-order valence-electron chi connectivity index (χ0n) is 17.9. The molecule has 0 spiro atoms. The van der Waals surface area contributed by atoms with Crippen molar-refractivity contribution < 1.29 is 26.3 Å². The summed E-state index contributed by atoms with van der Waals surface area (Å²) in [6, 6.07) is 11.4. The summed E-state index contributed by atoms with van der Waals surface area (Å²) in [6.45, 7) is 4.39. The van der Waals surface area contributed by atoms with Gasteiger partial charge in [0.05, 0.1) is 23.0 Å². The number of sulfonamides is 2. The van der Waals surface area contributed by atoms with E-state index in [1.54, 1.807) is 26.0 Å². The first-order chi connectivity index (χ1) is 15.6. The van der Waals surface area contributed by atoms with Crippen LogP contribution in [0.1, 0.15) is 17.8 Å². The van der Waals surface area contributed by atoms with Crippen LogP contribution in [0.5, 0.6) is 11.5 Å². The Hall–Kier alpha value is -3.38. The SMILES string of the molecule is Cc1cc(C)nc(NS(=O)(=O)c2ccc(NS(=O)(=O)c3ccc4c(c3)OCCCO4)cc2)n1. The number of hydrogen-bond acceptors (Lipinski definition) is 8. The van der Waals surface area contributed by atoms with E-state index in [1.165, 1.54) is 36.4 Å². The Labute approximate surface area is 192 Å². The van der Waals surface area contributed by atoms with Crippen molar-refractivity contribution in [3.8, 4) is 11.5 Å². The lowest BCUT2D eigenvalue weighted by atomic mass is 10.3. The van der Waals surface area contributed by atoms with Crippen LogP contribution < -0.4 is 18.9 Å². The van der Waals surface area contributed by atoms with Crippen LogP contribution in [0.4, 0.5) is 11.6 Å². The minimum Gasteiger partial charge on any atom is -0.490 e. The second-order valence-electron chi connectivity index (χ2n) is 7.37. The molecule has 2 N–H and O–H groups in total. The van der Waals surface area contributed by atoms with Crippen molar-refractivity contribution in [1.29, 1.82) is 0 Å². The second kappa shape index (κ2) is 8.87. The van der Waals surface area contributed by atoms with Crippen molar-refractivity contribution in [2.75, 3.05) is 22.7 Å². The predicted molar refractivity (Wildman–Crippen MR) is 122 cm³/mol. The number of nitrogens with one attached hydrogen (secondary N) is 2. The van der Waals surface area contributed by atoms with Gasteiger partial charge in [-0.15, -0.1) is 0 Å². The topological polar surface area (TPSA) is 137 Å². The molecule has 2 heterocycles. The standard InChI is InChI=1S/C21H22N4O6S2/c1-14-12-15(2)23-21(22-14)25-32(26,27)17-6-4-16(5-7-17)24-33(28,29)18-8-9-19-20(13-18)31-11-3-10-30-19/h4-9,12-13,24H,3,10-11H2,1-2H3,(H,22,23,25). The fraction of sp³-hybridized carbons (Fsp3) is 0.238. The summed E-state index contributed by atoms with van der Waals surface area (Å²) in [7, 11) is -7.89. The van der Waals surface area contributed by atoms with Gasteiger partial charge in [-0.1, -0.05) is 0 Å². The third kappa shape index (κ3) is 5.34. The highest BCUT2D eigenvalue weighted by atomic mass is 32.2. The molecule has 0 atom stereocenters. The number of fused-ring (bicyclic) bond motifs is 1. The van der Waals surface area contributed by atoms with Crippen LogP contribution in [0.15, 0.2) is 58.3 Å². The van der Waals surface area contributed by atoms with E-state index >= 15 is 0 Å². The van der Waals surface area contributed by atoms with Gasteiger partial charge in [0, 0.05) is 29.6 Å². The molecule has 0 fully saturated rings. The van der Waals surface area contributed by atoms with Crippen LogP contribution in [0, 0.1) is 13.8 Å². The average molecular weight is 491 g/mol. The average Bonchev–Trinajstić information content (AvgIpc) is 2.97. The highest BCUT2D eigenvalue weighted by Gasteiger charge is 2.20. The van der Waals surface area contributed by atoms with Crippen molar-refractivity contribution in [1.82, 2.24) is 9.97 Å². The molecule has 0 unspecified atom stereocenters. The van der Waals surface area contributed by atoms with E-state index in [2.05, 4.69) is 19.4 Å². The first kappa shape index (κ1) is 22.8. The van der Waals surface area contributed by atoms with Gasteiger partial charge in [0.15, 0.2) is 11.5 Å². The predicted octanol–water partition coefficient (Wildman–Crippen LogP) is 2.86. The molecular formula is C21H22N4O6S2. The molecule has 2 aromatic carbocycles. The van der Waals surface area contributed by atoms with Crippen molar-refractivity contribution >= 4 is 31.7 Å². The van der Waals surface area contributed by atoms with E-state index in [0.717, 1.165) is 0 Å². The quantitative estimate of drug-likeness (QED) is 0.538. The Bertz CT molecular complexity index is 1370. The lowest BCUT2D eigenvalue weighted by Gasteiger charge is -2.12. The molecular weight excluding hydrogens is 468 g/mol. The molecule has 0 bridgehead atoms. The summed E-state index contributed by atoms with van der Waals surface area (Å²) < 4.78 is 66.8. The normalized spacial score (nSPS) is 13.8. The monoisotopic (exact) mass is 490 g/mol. The Balaban J connectivity index is 1.51. The molecule has 0 saturated heterocycles. The molecule has 1 aromatic heterocycles. The number of anilines is 2. The number of ether oxygens (including phenoxy) is 2. The maximum Gasteiger partial charge on any atom is 0.264 e. The number of benzene rings is 2. The van der Waals surface area contributed by atoms with Gasteiger partial charge in [-0.05, 0) is 56.3 Å². The van der Waals surface area contributed by atoms with E-state index in [-0.39, 0.29) is 21.4 Å². The third-order valence-electron chi connectivity index (χ3n) is 4.65. The van der Waals surface area contributed by atoms with E-state index in [1.807, 2.05) is 0 Å². The Morgan fingerprint density at radius 2 is 1.30 bits per heavy atom. The van der Waals surface area contributed by atoms with Crippen molar-refractivity contribution in [3.05, 3.63) is 59.9 Å². The smallest absolute Gasteiger partial charge is 0.264 e. The van der Waals surface area contributed by atoms with Gasteiger partial charge in [-0.25, -0.2) is 31.5 Å². The first-order valence-electron chi connectivity index (χ1n) is 10.00. The molecule has 0 saturated carbocycles. The van der Waals surface area contributed by atoms with Crippen molar-refractivity contribution in [2.24, 2.45) is 0 Å². The summed E-state index contributed by atoms with van der Waals surface area (Å²) in [5.74, 6) is 0.810. The molecule has 3 aromatic rings. The fourth-order valence-electron chi connectivity index (χ4n) is 3.18. The minimum atomic E-state index is -3.96. The Kier molecular flexibility index (Phi) is 6.13. The molecule has 0 amide bonds. The number of aromatic nitrogens is 2. The van der Waals surface area contributed by atoms with Crippen LogP contribution in [0.3, 0.4) is 0 Å². The number of rotatable bonds is 6. The minimum absolute atomic E-state index is 0.00270. The lowest BCUT2D eigenvalue weighted by molar-refractivity contribution is 0.297. The van der Waals surface area contributed by atoms with Crippen molar-refractivity contribution in [2.45, 2.75) is 30.1 Å². The summed E-state index contributed by atoms with van der Waals surface area (Å²) in [5, 5.41) is 0. The second-order valence-corrected chi connectivity index (χ2v) is 10.7. The zero-order valence-corrected chi connectivity index (χ0v) is 19.5. The number of aryl methyl sites for hydroxylation is 2. The lowest BCUT2D eigenvalue weighted by Crippen LogP contribution is -2.16. The van der Waals surface area contributed by atoms with Gasteiger partial charge >= 0.3 is 0 Å². The molecule has 33 heavy (non-hydrogen) atoms. The maximum absolute atomic E-state index is 12.8. The first-order valence-corrected chi connectivity index (χ1v) is 13.0. The molecule has 10 nitrogen and oxygen atoms in total. The highest BCUT2D eigenvalue weighted by molar-refractivity contribution is 7.93. The summed E-state index contributed by atoms with van der Waals surface area (Å²) >= 11 is 0. The van der Waals surface area contributed by atoms with Gasteiger partial charge in [0.25, 0.3) is 20.0 Å². The summed E-state index contributed by atoms with van der Waals surface area (Å²) in [4.78, 5) is 8.07. The van der Waals surface area contributed by atoms with Crippen LogP contribution in [0.2, 0.25) is 0 Å². The van der Waals surface area contributed by atoms with Crippen LogP contribution in [0.25, 0.3) is 0 Å². The molecule has 1 aliphatic heterocycles. The van der Waals surface area contributed by atoms with Crippen LogP contribution >= 0.6 is 0 Å². The maximum atomic E-state index is 12.8. The van der Waals surface area contributed by atoms with Crippen molar-refractivity contribution in [3.63, 3.8) is 0 Å². The largest absolute Gasteiger partial charge is 0.490 e. The molecule has 0 radical (unpaired) electrons. The van der Waals surface area contributed by atoms with E-state index < -0.39 is 20.0 Å². The van der Waals surface area contributed by atoms with Crippen LogP contribution in [-0.4, -0.2) is 40.0 Å². The molecule has 174 valence electrons. The van der Waals surface area contributed by atoms with E-state index in [0.29, 0.717) is 42.5 Å². The van der Waals surface area contributed by atoms with Gasteiger partial charge < -0.3 is 9.47 Å². The number of nitrogens with zero attached hydrogens (tertiary/aromatic N) is 2. The highest BCUT2D eigenvalue weighted by Crippen LogP contribution is 2.32.